The normalized spacial score (nSPS) is 42.4. The molecular formula is C39H54O8. The van der Waals surface area contributed by atoms with Crippen LogP contribution < -0.4 is 0 Å². The van der Waals surface area contributed by atoms with E-state index in [0.29, 0.717) is 117 Å². The lowest BCUT2D eigenvalue weighted by Crippen LogP contribution is -2.32. The molecule has 0 radical (unpaired) electrons. The first kappa shape index (κ1) is 32.9. The van der Waals surface area contributed by atoms with Gasteiger partial charge < -0.3 is 18.9 Å². The van der Waals surface area contributed by atoms with Gasteiger partial charge in [0.25, 0.3) is 0 Å². The quantitative estimate of drug-likeness (QED) is 0.137. The van der Waals surface area contributed by atoms with Crippen LogP contribution in [-0.2, 0) is 38.1 Å². The molecule has 258 valence electrons. The molecule has 0 aromatic rings. The standard InChI is InChI=1S/C39H54O8/c1-4-36(40)44-17-22-9-30-27-14-29(33(16-27)34(30)11-22)20-47-39(43)25-7-5-24(6-8-25)38(42)45-18-23-10-31-26-13-28(19-46-37(41)21(2)3)32(15-26)35(31)12-23/h4,22-35H,1-2,5-20H2,3H3/t22?,23?,24?,25?,26?,27-,28?,29?,30?,31?,32?,33?,34?,35?/m1/s1. The van der Waals surface area contributed by atoms with Crippen LogP contribution in [0.5, 0.6) is 0 Å². The predicted octanol–water partition coefficient (Wildman–Crippen LogP) is 6.32. The van der Waals surface area contributed by atoms with Crippen LogP contribution in [0.15, 0.2) is 24.8 Å². The number of carbonyl (C=O) groups excluding carboxylic acids is 4. The second-order valence-electron chi connectivity index (χ2n) is 16.7. The highest BCUT2D eigenvalue weighted by Crippen LogP contribution is 2.63. The topological polar surface area (TPSA) is 105 Å². The fraction of sp³-hybridized carbons (Fsp3) is 0.795. The van der Waals surface area contributed by atoms with Crippen molar-refractivity contribution in [1.82, 2.24) is 0 Å². The molecule has 0 spiro atoms. The van der Waals surface area contributed by atoms with E-state index in [1.165, 1.54) is 18.9 Å². The molecule has 7 rings (SSSR count). The Morgan fingerprint density at radius 1 is 0.574 bits per heavy atom. The van der Waals surface area contributed by atoms with E-state index in [1.807, 2.05) is 0 Å². The number of carbonyl (C=O) groups is 4. The van der Waals surface area contributed by atoms with Gasteiger partial charge in [-0.1, -0.05) is 13.2 Å². The third-order valence-corrected chi connectivity index (χ3v) is 14.1. The molecule has 4 bridgehead atoms. The van der Waals surface area contributed by atoms with Crippen LogP contribution in [0.1, 0.15) is 84.0 Å². The Labute approximate surface area is 279 Å². The molecule has 0 N–H and O–H groups in total. The third-order valence-electron chi connectivity index (χ3n) is 14.1. The van der Waals surface area contributed by atoms with E-state index in [9.17, 15) is 19.2 Å². The molecule has 0 heterocycles. The van der Waals surface area contributed by atoms with E-state index >= 15 is 0 Å². The third kappa shape index (κ3) is 6.68. The van der Waals surface area contributed by atoms with E-state index in [0.717, 1.165) is 50.4 Å². The van der Waals surface area contributed by atoms with Crippen molar-refractivity contribution >= 4 is 23.9 Å². The number of ether oxygens (including phenoxy) is 4. The van der Waals surface area contributed by atoms with Crippen molar-refractivity contribution < 1.29 is 38.1 Å². The van der Waals surface area contributed by atoms with E-state index in [2.05, 4.69) is 13.2 Å². The molecule has 11 unspecified atom stereocenters. The van der Waals surface area contributed by atoms with Crippen LogP contribution in [0.4, 0.5) is 0 Å². The Hall–Kier alpha value is -2.64. The Kier molecular flexibility index (Phi) is 9.59. The molecule has 0 saturated heterocycles. The fourth-order valence-corrected chi connectivity index (χ4v) is 12.1. The van der Waals surface area contributed by atoms with Gasteiger partial charge in [0.05, 0.1) is 38.3 Å². The van der Waals surface area contributed by atoms with Gasteiger partial charge in [0, 0.05) is 11.6 Å². The monoisotopic (exact) mass is 650 g/mol. The maximum Gasteiger partial charge on any atom is 0.333 e. The second-order valence-corrected chi connectivity index (χ2v) is 16.7. The van der Waals surface area contributed by atoms with E-state index in [1.54, 1.807) is 6.92 Å². The SMILES string of the molecule is C=CC(=O)OCC1CC2C3C[C@@H](CC3COC(=O)C3CCC(C(=O)OCC4CC5C6CC(COC(=O)C(=C)C)C(C6)C5C4)CC3)C2C1. The minimum Gasteiger partial charge on any atom is -0.465 e. The Balaban J connectivity index is 0.787. The lowest BCUT2D eigenvalue weighted by Gasteiger charge is -2.32. The summed E-state index contributed by atoms with van der Waals surface area (Å²) >= 11 is 0. The average Bonchev–Trinajstić information content (AvgIpc) is 3.91. The summed E-state index contributed by atoms with van der Waals surface area (Å²) in [6.45, 7) is 10.9. The lowest BCUT2D eigenvalue weighted by atomic mass is 9.76. The number of hydrogen-bond donors (Lipinski definition) is 0. The Morgan fingerprint density at radius 2 is 1.02 bits per heavy atom. The van der Waals surface area contributed by atoms with Gasteiger partial charge in [0.2, 0.25) is 0 Å². The van der Waals surface area contributed by atoms with Crippen molar-refractivity contribution in [3.05, 3.63) is 24.8 Å². The highest BCUT2D eigenvalue weighted by atomic mass is 16.5. The van der Waals surface area contributed by atoms with Gasteiger partial charge in [-0.25, -0.2) is 9.59 Å². The van der Waals surface area contributed by atoms with Crippen molar-refractivity contribution in [2.75, 3.05) is 26.4 Å². The molecule has 7 aliphatic rings. The Bertz CT molecular complexity index is 1250. The number of hydrogen-bond acceptors (Lipinski definition) is 8. The molecule has 7 aliphatic carbocycles. The van der Waals surface area contributed by atoms with Crippen molar-refractivity contribution in [3.63, 3.8) is 0 Å². The smallest absolute Gasteiger partial charge is 0.333 e. The first-order chi connectivity index (χ1) is 22.7. The summed E-state index contributed by atoms with van der Waals surface area (Å²) in [4.78, 5) is 49.5. The van der Waals surface area contributed by atoms with Crippen molar-refractivity contribution in [1.29, 1.82) is 0 Å². The average molecular weight is 651 g/mol. The zero-order chi connectivity index (χ0) is 32.8. The number of rotatable bonds is 12. The summed E-state index contributed by atoms with van der Waals surface area (Å²) in [7, 11) is 0. The highest BCUT2D eigenvalue weighted by Gasteiger charge is 2.57. The second kappa shape index (κ2) is 13.7. The first-order valence-corrected chi connectivity index (χ1v) is 18.6. The van der Waals surface area contributed by atoms with Crippen LogP contribution in [0.25, 0.3) is 0 Å². The minimum absolute atomic E-state index is 0.0865. The molecular weight excluding hydrogens is 596 g/mol. The van der Waals surface area contributed by atoms with Gasteiger partial charge in [-0.2, -0.15) is 0 Å². The maximum atomic E-state index is 13.1. The molecule has 7 fully saturated rings. The molecule has 8 heteroatoms. The largest absolute Gasteiger partial charge is 0.465 e. The first-order valence-electron chi connectivity index (χ1n) is 18.6. The van der Waals surface area contributed by atoms with Crippen LogP contribution >= 0.6 is 0 Å². The van der Waals surface area contributed by atoms with Gasteiger partial charge in [0.15, 0.2) is 0 Å². The number of fused-ring (bicyclic) bond motifs is 10. The Morgan fingerprint density at radius 3 is 1.51 bits per heavy atom. The van der Waals surface area contributed by atoms with Gasteiger partial charge in [-0.05, 0) is 155 Å². The summed E-state index contributed by atoms with van der Waals surface area (Å²) in [5.41, 5.74) is 0.456. The molecule has 8 nitrogen and oxygen atoms in total. The molecule has 12 atom stereocenters. The molecule has 7 saturated carbocycles. The van der Waals surface area contributed by atoms with Crippen LogP contribution in [0.2, 0.25) is 0 Å². The zero-order valence-corrected chi connectivity index (χ0v) is 28.2. The molecule has 0 amide bonds. The summed E-state index contributed by atoms with van der Waals surface area (Å²) in [5, 5.41) is 0. The zero-order valence-electron chi connectivity index (χ0n) is 28.2. The van der Waals surface area contributed by atoms with Gasteiger partial charge in [0.1, 0.15) is 0 Å². The summed E-state index contributed by atoms with van der Waals surface area (Å²) in [6.07, 6.45) is 13.3. The van der Waals surface area contributed by atoms with Crippen molar-refractivity contribution in [2.24, 2.45) is 82.9 Å². The van der Waals surface area contributed by atoms with Gasteiger partial charge in [-0.3, -0.25) is 9.59 Å². The number of esters is 4. The van der Waals surface area contributed by atoms with E-state index < -0.39 is 0 Å². The summed E-state index contributed by atoms with van der Waals surface area (Å²) in [6, 6.07) is 0. The van der Waals surface area contributed by atoms with E-state index in [-0.39, 0.29) is 35.7 Å². The van der Waals surface area contributed by atoms with Gasteiger partial charge >= 0.3 is 23.9 Å². The van der Waals surface area contributed by atoms with Gasteiger partial charge in [-0.15, -0.1) is 0 Å². The van der Waals surface area contributed by atoms with Crippen molar-refractivity contribution in [3.8, 4) is 0 Å². The molecule has 0 aliphatic heterocycles. The lowest BCUT2D eigenvalue weighted by molar-refractivity contribution is -0.157. The van der Waals surface area contributed by atoms with Crippen molar-refractivity contribution in [2.45, 2.75) is 84.0 Å². The van der Waals surface area contributed by atoms with Crippen LogP contribution in [0, 0.1) is 82.9 Å². The van der Waals surface area contributed by atoms with Crippen LogP contribution in [-0.4, -0.2) is 50.3 Å². The molecule has 0 aromatic heterocycles. The molecule has 47 heavy (non-hydrogen) atoms. The van der Waals surface area contributed by atoms with Crippen LogP contribution in [0.3, 0.4) is 0 Å². The fourth-order valence-electron chi connectivity index (χ4n) is 12.1. The molecule has 0 aromatic carbocycles. The highest BCUT2D eigenvalue weighted by molar-refractivity contribution is 5.86. The minimum atomic E-state index is -0.338. The summed E-state index contributed by atoms with van der Waals surface area (Å²) < 4.78 is 22.7. The predicted molar refractivity (Wildman–Crippen MR) is 173 cm³/mol. The maximum absolute atomic E-state index is 13.1. The van der Waals surface area contributed by atoms with E-state index in [4.69, 9.17) is 18.9 Å². The summed E-state index contributed by atoms with van der Waals surface area (Å²) in [5.74, 6) is 6.18.